The zero-order chi connectivity index (χ0) is 20.0. The second-order valence-corrected chi connectivity index (χ2v) is 6.64. The molecule has 0 amide bonds. The molecule has 1 atom stereocenters. The fraction of sp³-hybridized carbons (Fsp3) is 0.375. The molecule has 1 heterocycles. The van der Waals surface area contributed by atoms with Crippen LogP contribution in [0.15, 0.2) is 52.7 Å². The molecule has 1 aliphatic rings. The van der Waals surface area contributed by atoms with Gasteiger partial charge in [-0.15, -0.1) is 0 Å². The Hall–Kier alpha value is -2.39. The molecule has 3 nitrogen and oxygen atoms in total. The summed E-state index contributed by atoms with van der Waals surface area (Å²) < 4.78 is 0. The zero-order valence-corrected chi connectivity index (χ0v) is 17.4. The molecule has 0 fully saturated rings. The number of hydrogen-bond donors (Lipinski definition) is 2. The monoisotopic (exact) mass is 363 g/mol. The van der Waals surface area contributed by atoms with Crippen LogP contribution in [0.2, 0.25) is 0 Å². The van der Waals surface area contributed by atoms with Crippen molar-refractivity contribution in [2.24, 2.45) is 4.99 Å². The number of nitrogens with zero attached hydrogens (tertiary/aromatic N) is 1. The first kappa shape index (κ1) is 20.9. The third-order valence-corrected chi connectivity index (χ3v) is 4.65. The lowest BCUT2D eigenvalue weighted by atomic mass is 9.92. The Balaban J connectivity index is 0.00000126. The van der Waals surface area contributed by atoms with Gasteiger partial charge < -0.3 is 11.1 Å². The van der Waals surface area contributed by atoms with E-state index in [4.69, 9.17) is 10.7 Å². The average molecular weight is 364 g/mol. The van der Waals surface area contributed by atoms with Crippen molar-refractivity contribution in [3.8, 4) is 0 Å². The summed E-state index contributed by atoms with van der Waals surface area (Å²) in [4.78, 5) is 5.02. The molecule has 3 N–H and O–H groups in total. The predicted octanol–water partition coefficient (Wildman–Crippen LogP) is 4.25. The van der Waals surface area contributed by atoms with Crippen molar-refractivity contribution in [3.63, 3.8) is 0 Å². The Bertz CT molecular complexity index is 967. The molecule has 144 valence electrons. The number of benzene rings is 2. The first-order valence-electron chi connectivity index (χ1n) is 10.1. The molecule has 3 rings (SSSR count). The van der Waals surface area contributed by atoms with Crippen molar-refractivity contribution >= 4 is 23.0 Å². The summed E-state index contributed by atoms with van der Waals surface area (Å²) >= 11 is 0. The van der Waals surface area contributed by atoms with Gasteiger partial charge in [0, 0.05) is 23.5 Å². The first-order chi connectivity index (χ1) is 13.0. The maximum atomic E-state index is 6.29. The second-order valence-electron chi connectivity index (χ2n) is 6.64. The van der Waals surface area contributed by atoms with Crippen molar-refractivity contribution < 1.29 is 0 Å². The Morgan fingerprint density at radius 2 is 2.04 bits per heavy atom. The van der Waals surface area contributed by atoms with Crippen LogP contribution in [-0.4, -0.2) is 12.6 Å². The van der Waals surface area contributed by atoms with Gasteiger partial charge in [0.25, 0.3) is 0 Å². The molecule has 0 aliphatic carbocycles. The topological polar surface area (TPSA) is 50.4 Å². The molecular weight excluding hydrogens is 330 g/mol. The predicted molar refractivity (Wildman–Crippen MR) is 119 cm³/mol. The van der Waals surface area contributed by atoms with Crippen molar-refractivity contribution in [2.75, 3.05) is 12.3 Å². The minimum absolute atomic E-state index is 0.321. The molecule has 1 aliphatic heterocycles. The van der Waals surface area contributed by atoms with Crippen molar-refractivity contribution in [3.05, 3.63) is 63.8 Å². The van der Waals surface area contributed by atoms with Crippen molar-refractivity contribution in [1.29, 1.82) is 0 Å². The van der Waals surface area contributed by atoms with E-state index in [0.717, 1.165) is 52.1 Å². The molecule has 0 aromatic heterocycles. The van der Waals surface area contributed by atoms with Crippen LogP contribution in [0.5, 0.6) is 0 Å². The summed E-state index contributed by atoms with van der Waals surface area (Å²) in [6.45, 7) is 15.6. The minimum Gasteiger partial charge on any atom is -0.398 e. The van der Waals surface area contributed by atoms with Crippen LogP contribution in [0.3, 0.4) is 0 Å². The van der Waals surface area contributed by atoms with Crippen LogP contribution in [0, 0.1) is 0 Å². The number of fused-ring (bicyclic) bond motifs is 3. The van der Waals surface area contributed by atoms with Crippen LogP contribution >= 0.6 is 0 Å². The number of hydrogen-bond acceptors (Lipinski definition) is 3. The van der Waals surface area contributed by atoms with E-state index >= 15 is 0 Å². The largest absolute Gasteiger partial charge is 0.398 e. The Morgan fingerprint density at radius 3 is 2.70 bits per heavy atom. The number of allylic oxidation sites excluding steroid dienone is 2. The maximum Gasteiger partial charge on any atom is 0.0771 e. The lowest BCUT2D eigenvalue weighted by molar-refractivity contribution is 0.656. The normalized spacial score (nSPS) is 17.2. The summed E-state index contributed by atoms with van der Waals surface area (Å²) in [5.41, 5.74) is 10.6. The van der Waals surface area contributed by atoms with Gasteiger partial charge in [-0.3, -0.25) is 0 Å². The highest BCUT2D eigenvalue weighted by molar-refractivity contribution is 5.93. The van der Waals surface area contributed by atoms with E-state index in [-0.39, 0.29) is 0 Å². The van der Waals surface area contributed by atoms with Gasteiger partial charge in [-0.05, 0) is 53.8 Å². The van der Waals surface area contributed by atoms with Gasteiger partial charge in [0.1, 0.15) is 0 Å². The number of nitrogens with one attached hydrogen (secondary N) is 1. The lowest BCUT2D eigenvalue weighted by Gasteiger charge is -2.19. The van der Waals surface area contributed by atoms with Gasteiger partial charge in [0.15, 0.2) is 0 Å². The first-order valence-corrected chi connectivity index (χ1v) is 10.1. The van der Waals surface area contributed by atoms with Gasteiger partial charge in [-0.2, -0.15) is 0 Å². The fourth-order valence-corrected chi connectivity index (χ4v) is 3.57. The van der Waals surface area contributed by atoms with Gasteiger partial charge in [0.05, 0.1) is 11.1 Å². The molecule has 0 radical (unpaired) electrons. The van der Waals surface area contributed by atoms with Crippen molar-refractivity contribution in [2.45, 2.75) is 53.5 Å². The molecular formula is C24H33N3. The smallest absolute Gasteiger partial charge is 0.0771 e. The van der Waals surface area contributed by atoms with Gasteiger partial charge in [0.2, 0.25) is 0 Å². The quantitative estimate of drug-likeness (QED) is 0.798. The molecule has 2 aromatic carbocycles. The van der Waals surface area contributed by atoms with Crippen LogP contribution < -0.4 is 21.6 Å². The molecule has 2 aromatic rings. The Kier molecular flexibility index (Phi) is 7.37. The highest BCUT2D eigenvalue weighted by Crippen LogP contribution is 2.24. The third kappa shape index (κ3) is 4.48. The second kappa shape index (κ2) is 9.52. The number of nitrogen functional groups attached to an aromatic ring is 1. The van der Waals surface area contributed by atoms with E-state index in [2.05, 4.69) is 57.0 Å². The zero-order valence-electron chi connectivity index (χ0n) is 17.4. The van der Waals surface area contributed by atoms with E-state index < -0.39 is 0 Å². The van der Waals surface area contributed by atoms with Crippen LogP contribution in [-0.2, 0) is 6.42 Å². The maximum absolute atomic E-state index is 6.29. The number of nitrogens with two attached hydrogens (primary N) is 1. The SMILES string of the molecule is C=c1cc2c(c3c(N)cccc13)=NC(=C/CC)/C(=C\C(C)NCC)C2.CC. The summed E-state index contributed by atoms with van der Waals surface area (Å²) in [5.74, 6) is 0. The van der Waals surface area contributed by atoms with E-state index in [1.165, 1.54) is 11.1 Å². The summed E-state index contributed by atoms with van der Waals surface area (Å²) in [5, 5.41) is 7.59. The average Bonchev–Trinajstić information content (AvgIpc) is 2.65. The Morgan fingerprint density at radius 1 is 1.30 bits per heavy atom. The van der Waals surface area contributed by atoms with Crippen molar-refractivity contribution in [1.82, 2.24) is 5.32 Å². The van der Waals surface area contributed by atoms with E-state index in [1.54, 1.807) is 0 Å². The van der Waals surface area contributed by atoms with Crippen LogP contribution in [0.4, 0.5) is 5.69 Å². The van der Waals surface area contributed by atoms with Crippen LogP contribution in [0.25, 0.3) is 17.4 Å². The summed E-state index contributed by atoms with van der Waals surface area (Å²) in [6.07, 6.45) is 6.32. The molecule has 0 saturated heterocycles. The molecule has 1 unspecified atom stereocenters. The highest BCUT2D eigenvalue weighted by Gasteiger charge is 2.17. The third-order valence-electron chi connectivity index (χ3n) is 4.65. The van der Waals surface area contributed by atoms with Gasteiger partial charge in [-0.25, -0.2) is 4.99 Å². The van der Waals surface area contributed by atoms with Gasteiger partial charge in [-0.1, -0.05) is 58.6 Å². The summed E-state index contributed by atoms with van der Waals surface area (Å²) in [7, 11) is 0. The van der Waals surface area contributed by atoms with Gasteiger partial charge >= 0.3 is 0 Å². The highest BCUT2D eigenvalue weighted by atomic mass is 14.9. The molecule has 27 heavy (non-hydrogen) atoms. The minimum atomic E-state index is 0.321. The molecule has 0 spiro atoms. The molecule has 3 heteroatoms. The molecule has 0 bridgehead atoms. The van der Waals surface area contributed by atoms with E-state index in [9.17, 15) is 0 Å². The number of likely N-dealkylation sites (N-methyl/N-ethyl adjacent to an activating group) is 1. The Labute approximate surface area is 163 Å². The summed E-state index contributed by atoms with van der Waals surface area (Å²) in [6, 6.07) is 8.48. The number of rotatable bonds is 4. The van der Waals surface area contributed by atoms with Crippen LogP contribution in [0.1, 0.15) is 46.6 Å². The standard InChI is InChI=1S/C22H27N3.C2H6/c1-5-8-20-16(12-15(4)24-6-2)13-17-11-14(3)18-9-7-10-19(23)21(18)22(17)25-20;1-2/h7-12,15,24H,3,5-6,13,23H2,1-2,4H3;1-2H3/b16-12-,20-8+;. The van der Waals surface area contributed by atoms with E-state index in [0.29, 0.717) is 6.04 Å². The number of anilines is 1. The fourth-order valence-electron chi connectivity index (χ4n) is 3.57. The molecule has 0 saturated carbocycles. The van der Waals surface area contributed by atoms with E-state index in [1.807, 2.05) is 26.0 Å². The lowest BCUT2D eigenvalue weighted by Crippen LogP contribution is -2.26.